The number of nitrogen functional groups attached to an aromatic ring is 1. The van der Waals surface area contributed by atoms with Crippen LogP contribution in [-0.2, 0) is 13.1 Å². The van der Waals surface area contributed by atoms with E-state index in [-0.39, 0.29) is 23.1 Å². The van der Waals surface area contributed by atoms with Crippen LogP contribution in [0.4, 0.5) is 11.5 Å². The quantitative estimate of drug-likeness (QED) is 0.661. The standard InChI is InChI=1S/C21H29N5O3/c1-4-5-10-29-20-17(27)11-16(13-23-15-6-7-18(22)24-12-15)26-9-8-25(14(2)3)21(28)19(20)26/h6-7,11-12,14,23H,4-5,8-10,13H2,1-3H3,(H2,22,24). The molecule has 3 rings (SSSR count). The average Bonchev–Trinajstić information content (AvgIpc) is 2.69. The third-order valence-corrected chi connectivity index (χ3v) is 5.01. The number of nitrogens with two attached hydrogens (primary N) is 1. The van der Waals surface area contributed by atoms with Gasteiger partial charge in [0.15, 0.2) is 11.4 Å². The zero-order valence-electron chi connectivity index (χ0n) is 17.3. The summed E-state index contributed by atoms with van der Waals surface area (Å²) in [6, 6.07) is 5.14. The van der Waals surface area contributed by atoms with Crippen LogP contribution in [0.5, 0.6) is 5.75 Å². The van der Waals surface area contributed by atoms with Crippen molar-refractivity contribution < 1.29 is 9.53 Å². The summed E-state index contributed by atoms with van der Waals surface area (Å²) in [5.41, 5.74) is 7.23. The number of pyridine rings is 2. The summed E-state index contributed by atoms with van der Waals surface area (Å²) in [7, 11) is 0. The number of hydrogen-bond donors (Lipinski definition) is 2. The summed E-state index contributed by atoms with van der Waals surface area (Å²) < 4.78 is 7.68. The molecule has 2 aromatic rings. The van der Waals surface area contributed by atoms with Crippen LogP contribution in [0.15, 0.2) is 29.2 Å². The van der Waals surface area contributed by atoms with Gasteiger partial charge in [0, 0.05) is 30.9 Å². The van der Waals surface area contributed by atoms with E-state index in [2.05, 4.69) is 17.2 Å². The van der Waals surface area contributed by atoms with E-state index < -0.39 is 0 Å². The van der Waals surface area contributed by atoms with E-state index >= 15 is 0 Å². The van der Waals surface area contributed by atoms with E-state index in [1.54, 1.807) is 23.2 Å². The molecule has 3 heterocycles. The molecule has 156 valence electrons. The Labute approximate surface area is 170 Å². The highest BCUT2D eigenvalue weighted by atomic mass is 16.5. The number of carbonyl (C=O) groups is 1. The van der Waals surface area contributed by atoms with Crippen molar-refractivity contribution in [3.05, 3.63) is 46.0 Å². The predicted molar refractivity (Wildman–Crippen MR) is 113 cm³/mol. The maximum Gasteiger partial charge on any atom is 0.274 e. The molecule has 0 saturated carbocycles. The number of unbranched alkanes of at least 4 members (excludes halogenated alkanes) is 1. The number of nitrogens with one attached hydrogen (secondary N) is 1. The van der Waals surface area contributed by atoms with Crippen molar-refractivity contribution >= 4 is 17.4 Å². The number of amides is 1. The zero-order chi connectivity index (χ0) is 21.0. The van der Waals surface area contributed by atoms with Crippen molar-refractivity contribution in [3.63, 3.8) is 0 Å². The molecule has 2 aromatic heterocycles. The van der Waals surface area contributed by atoms with E-state index in [9.17, 15) is 9.59 Å². The van der Waals surface area contributed by atoms with E-state index in [1.807, 2.05) is 24.5 Å². The minimum atomic E-state index is -0.265. The van der Waals surface area contributed by atoms with Gasteiger partial charge in [-0.25, -0.2) is 4.98 Å². The molecule has 1 aliphatic rings. The first-order valence-electron chi connectivity index (χ1n) is 10.1. The summed E-state index contributed by atoms with van der Waals surface area (Å²) in [5.74, 6) is 0.439. The monoisotopic (exact) mass is 399 g/mol. The molecule has 0 radical (unpaired) electrons. The molecular formula is C21H29N5O3. The van der Waals surface area contributed by atoms with Gasteiger partial charge in [0.25, 0.3) is 5.91 Å². The molecule has 0 unspecified atom stereocenters. The van der Waals surface area contributed by atoms with E-state index in [0.29, 0.717) is 37.8 Å². The largest absolute Gasteiger partial charge is 0.487 e. The second-order valence-electron chi connectivity index (χ2n) is 7.45. The Morgan fingerprint density at radius 3 is 2.72 bits per heavy atom. The fourth-order valence-electron chi connectivity index (χ4n) is 3.39. The van der Waals surface area contributed by atoms with Crippen molar-refractivity contribution in [2.75, 3.05) is 24.2 Å². The summed E-state index contributed by atoms with van der Waals surface area (Å²) >= 11 is 0. The fraction of sp³-hybridized carbons (Fsp3) is 0.476. The zero-order valence-corrected chi connectivity index (χ0v) is 17.3. The van der Waals surface area contributed by atoms with Crippen LogP contribution in [0.3, 0.4) is 0 Å². The van der Waals surface area contributed by atoms with Gasteiger partial charge in [-0.05, 0) is 32.4 Å². The average molecular weight is 399 g/mol. The van der Waals surface area contributed by atoms with Crippen LogP contribution in [0.25, 0.3) is 0 Å². The Bertz CT molecular complexity index is 921. The lowest BCUT2D eigenvalue weighted by molar-refractivity contribution is 0.0637. The summed E-state index contributed by atoms with van der Waals surface area (Å²) in [5, 5.41) is 3.24. The minimum Gasteiger partial charge on any atom is -0.487 e. The van der Waals surface area contributed by atoms with E-state index in [0.717, 1.165) is 24.2 Å². The van der Waals surface area contributed by atoms with Crippen LogP contribution in [0, 0.1) is 0 Å². The Morgan fingerprint density at radius 1 is 1.28 bits per heavy atom. The van der Waals surface area contributed by atoms with Gasteiger partial charge in [-0.1, -0.05) is 13.3 Å². The van der Waals surface area contributed by atoms with Crippen molar-refractivity contribution in [1.82, 2.24) is 14.5 Å². The van der Waals surface area contributed by atoms with Gasteiger partial charge in [-0.15, -0.1) is 0 Å². The first-order valence-corrected chi connectivity index (χ1v) is 10.1. The molecule has 1 amide bonds. The molecule has 1 aliphatic heterocycles. The molecule has 0 saturated heterocycles. The van der Waals surface area contributed by atoms with Crippen molar-refractivity contribution in [3.8, 4) is 5.75 Å². The van der Waals surface area contributed by atoms with Crippen LogP contribution in [0.2, 0.25) is 0 Å². The van der Waals surface area contributed by atoms with Crippen LogP contribution >= 0.6 is 0 Å². The third-order valence-electron chi connectivity index (χ3n) is 5.01. The highest BCUT2D eigenvalue weighted by Crippen LogP contribution is 2.24. The predicted octanol–water partition coefficient (Wildman–Crippen LogP) is 2.48. The number of fused-ring (bicyclic) bond motifs is 1. The lowest BCUT2D eigenvalue weighted by Crippen LogP contribution is -2.46. The fourth-order valence-corrected chi connectivity index (χ4v) is 3.39. The van der Waals surface area contributed by atoms with Gasteiger partial charge >= 0.3 is 0 Å². The number of nitrogens with zero attached hydrogens (tertiary/aromatic N) is 3. The van der Waals surface area contributed by atoms with Crippen LogP contribution in [-0.4, -0.2) is 39.6 Å². The van der Waals surface area contributed by atoms with E-state index in [4.69, 9.17) is 10.5 Å². The molecule has 8 nitrogen and oxygen atoms in total. The SMILES string of the molecule is CCCCOc1c2n(c(CNc3ccc(N)nc3)cc1=O)CCN(C(C)C)C2=O. The number of anilines is 2. The van der Waals surface area contributed by atoms with Crippen LogP contribution < -0.4 is 21.2 Å². The molecule has 0 atom stereocenters. The van der Waals surface area contributed by atoms with Crippen molar-refractivity contribution in [1.29, 1.82) is 0 Å². The van der Waals surface area contributed by atoms with E-state index in [1.165, 1.54) is 0 Å². The second-order valence-corrected chi connectivity index (χ2v) is 7.45. The Hall–Kier alpha value is -3.03. The van der Waals surface area contributed by atoms with Crippen molar-refractivity contribution in [2.45, 2.75) is 52.7 Å². The molecule has 29 heavy (non-hydrogen) atoms. The second kappa shape index (κ2) is 8.98. The Kier molecular flexibility index (Phi) is 6.41. The Morgan fingerprint density at radius 2 is 2.07 bits per heavy atom. The van der Waals surface area contributed by atoms with Gasteiger partial charge in [0.1, 0.15) is 5.82 Å². The molecule has 0 aliphatic carbocycles. The van der Waals surface area contributed by atoms with Gasteiger partial charge in [0.05, 0.1) is 25.0 Å². The molecule has 0 aromatic carbocycles. The molecule has 3 N–H and O–H groups in total. The molecule has 8 heteroatoms. The molecular weight excluding hydrogens is 370 g/mol. The van der Waals surface area contributed by atoms with Gasteiger partial charge in [-0.2, -0.15) is 0 Å². The van der Waals surface area contributed by atoms with Gasteiger partial charge < -0.3 is 25.3 Å². The smallest absolute Gasteiger partial charge is 0.274 e. The Balaban J connectivity index is 1.96. The number of ether oxygens (including phenoxy) is 1. The normalized spacial score (nSPS) is 13.5. The molecule has 0 spiro atoms. The van der Waals surface area contributed by atoms with Crippen LogP contribution in [0.1, 0.15) is 49.8 Å². The third kappa shape index (κ3) is 4.52. The summed E-state index contributed by atoms with van der Waals surface area (Å²) in [6.45, 7) is 8.02. The number of hydrogen-bond acceptors (Lipinski definition) is 6. The first kappa shape index (κ1) is 20.7. The van der Waals surface area contributed by atoms with Crippen molar-refractivity contribution in [2.24, 2.45) is 0 Å². The highest BCUT2D eigenvalue weighted by molar-refractivity contribution is 5.96. The summed E-state index contributed by atoms with van der Waals surface area (Å²) in [6.07, 6.45) is 3.42. The van der Waals surface area contributed by atoms with Gasteiger partial charge in [-0.3, -0.25) is 9.59 Å². The maximum atomic E-state index is 13.2. The number of carbonyl (C=O) groups excluding carboxylic acids is 1. The highest BCUT2D eigenvalue weighted by Gasteiger charge is 2.32. The minimum absolute atomic E-state index is 0.0532. The number of aromatic nitrogens is 2. The molecule has 0 fully saturated rings. The molecule has 0 bridgehead atoms. The number of rotatable bonds is 8. The summed E-state index contributed by atoms with van der Waals surface area (Å²) in [4.78, 5) is 31.8. The maximum absolute atomic E-state index is 13.2. The topological polar surface area (TPSA) is 102 Å². The van der Waals surface area contributed by atoms with Gasteiger partial charge in [0.2, 0.25) is 5.43 Å². The lowest BCUT2D eigenvalue weighted by atomic mass is 10.1. The first-order chi connectivity index (χ1) is 13.9. The lowest BCUT2D eigenvalue weighted by Gasteiger charge is -2.35.